The minimum Gasteiger partial charge on any atom is -0.468 e. The topological polar surface area (TPSA) is 86.2 Å². The van der Waals surface area contributed by atoms with E-state index < -0.39 is 23.8 Å². The summed E-state index contributed by atoms with van der Waals surface area (Å²) in [5.74, 6) is -2.58. The third kappa shape index (κ3) is 6.60. The molecule has 0 saturated carbocycles. The van der Waals surface area contributed by atoms with Crippen molar-refractivity contribution in [1.82, 2.24) is 5.32 Å². The van der Waals surface area contributed by atoms with Gasteiger partial charge >= 0.3 is 11.9 Å². The lowest BCUT2D eigenvalue weighted by Gasteiger charge is -2.32. The van der Waals surface area contributed by atoms with Gasteiger partial charge in [-0.1, -0.05) is 60.1 Å². The number of nitrogens with one attached hydrogen (secondary N) is 1. The van der Waals surface area contributed by atoms with Crippen LogP contribution >= 0.6 is 11.6 Å². The summed E-state index contributed by atoms with van der Waals surface area (Å²) in [6, 6.07) is 17.5. The molecule has 0 radical (unpaired) electrons. The van der Waals surface area contributed by atoms with E-state index in [1.807, 2.05) is 24.3 Å². The molecule has 3 atom stereocenters. The molecular formula is C28H33ClN2O5. The zero-order chi connectivity index (χ0) is 26.1. The molecule has 1 N–H and O–H groups in total. The van der Waals surface area contributed by atoms with Crippen molar-refractivity contribution in [2.45, 2.75) is 32.7 Å². The summed E-state index contributed by atoms with van der Waals surface area (Å²) in [7, 11) is 1.31. The molecule has 0 bridgehead atoms. The highest BCUT2D eigenvalue weighted by Gasteiger charge is 2.43. The maximum atomic E-state index is 13.2. The van der Waals surface area contributed by atoms with Crippen LogP contribution in [0.4, 0.5) is 0 Å². The van der Waals surface area contributed by atoms with Crippen LogP contribution in [0.25, 0.3) is 0 Å². The largest absolute Gasteiger partial charge is 0.468 e. The average Bonchev–Trinajstić information content (AvgIpc) is 2.88. The molecule has 36 heavy (non-hydrogen) atoms. The van der Waals surface area contributed by atoms with Gasteiger partial charge in [0.15, 0.2) is 0 Å². The molecule has 2 aromatic carbocycles. The lowest BCUT2D eigenvalue weighted by atomic mass is 9.75. The molecule has 0 aliphatic carbocycles. The summed E-state index contributed by atoms with van der Waals surface area (Å²) >= 11 is 6.53. The Morgan fingerprint density at radius 3 is 2.47 bits per heavy atom. The lowest BCUT2D eigenvalue weighted by molar-refractivity contribution is -0.144. The van der Waals surface area contributed by atoms with Crippen molar-refractivity contribution < 1.29 is 23.8 Å². The van der Waals surface area contributed by atoms with Crippen molar-refractivity contribution in [2.75, 3.05) is 33.5 Å². The molecule has 1 aliphatic heterocycles. The third-order valence-electron chi connectivity index (χ3n) is 6.14. The molecule has 3 unspecified atom stereocenters. The quantitative estimate of drug-likeness (QED) is 0.341. The predicted octanol–water partition coefficient (Wildman–Crippen LogP) is 4.87. The fourth-order valence-corrected chi connectivity index (χ4v) is 4.62. The van der Waals surface area contributed by atoms with E-state index >= 15 is 0 Å². The van der Waals surface area contributed by atoms with Crippen LogP contribution in [0, 0.1) is 5.92 Å². The van der Waals surface area contributed by atoms with Gasteiger partial charge < -0.3 is 19.5 Å². The first-order valence-electron chi connectivity index (χ1n) is 12.0. The van der Waals surface area contributed by atoms with Crippen LogP contribution < -0.4 is 5.32 Å². The average molecular weight is 513 g/mol. The molecule has 192 valence electrons. The Balaban J connectivity index is 1.85. The van der Waals surface area contributed by atoms with E-state index in [9.17, 15) is 9.59 Å². The smallest absolute Gasteiger partial charge is 0.336 e. The van der Waals surface area contributed by atoms with Gasteiger partial charge in [0.1, 0.15) is 5.92 Å². The highest BCUT2D eigenvalue weighted by atomic mass is 35.5. The zero-order valence-corrected chi connectivity index (χ0v) is 21.9. The number of methoxy groups -OCH3 is 1. The minimum atomic E-state index is -0.813. The zero-order valence-electron chi connectivity index (χ0n) is 21.1. The second-order valence-electron chi connectivity index (χ2n) is 8.47. The van der Waals surface area contributed by atoms with E-state index in [0.29, 0.717) is 35.1 Å². The molecule has 8 heteroatoms. The van der Waals surface area contributed by atoms with E-state index in [1.165, 1.54) is 12.7 Å². The van der Waals surface area contributed by atoms with Crippen LogP contribution in [0.1, 0.15) is 43.9 Å². The molecule has 0 saturated heterocycles. The summed E-state index contributed by atoms with van der Waals surface area (Å²) in [4.78, 5) is 30.6. The van der Waals surface area contributed by atoms with Crippen molar-refractivity contribution in [1.29, 1.82) is 0 Å². The van der Waals surface area contributed by atoms with Gasteiger partial charge in [-0.05, 0) is 38.0 Å². The molecule has 3 rings (SSSR count). The van der Waals surface area contributed by atoms with Gasteiger partial charge in [0.25, 0.3) is 0 Å². The molecule has 7 nitrogen and oxygen atoms in total. The first-order chi connectivity index (χ1) is 17.4. The Kier molecular flexibility index (Phi) is 10.2. The van der Waals surface area contributed by atoms with Crippen molar-refractivity contribution in [3.63, 3.8) is 0 Å². The SMILES string of the molecule is CCOC(=O)C1=C(COCCNC(C)c2ccccc2)N=C(C)C(C(=O)OC)C1c1ccccc1Cl. The van der Waals surface area contributed by atoms with Crippen LogP contribution in [-0.2, 0) is 23.8 Å². The number of nitrogens with zero attached hydrogens (tertiary/aromatic N) is 1. The lowest BCUT2D eigenvalue weighted by Crippen LogP contribution is -2.37. The summed E-state index contributed by atoms with van der Waals surface area (Å²) in [5, 5.41) is 3.86. The number of carbonyl (C=O) groups excluding carboxylic acids is 2. The standard InChI is InChI=1S/C28H33ClN2O5/c1-5-36-28(33)26-23(17-35-16-15-30-18(2)20-11-7-6-8-12-20)31-19(3)24(27(32)34-4)25(26)21-13-9-10-14-22(21)29/h6-14,18,24-25,30H,5,15-17H2,1-4H3. The number of hydrogen-bond donors (Lipinski definition) is 1. The first kappa shape index (κ1) is 27.6. The molecular weight excluding hydrogens is 480 g/mol. The Morgan fingerprint density at radius 1 is 1.11 bits per heavy atom. The van der Waals surface area contributed by atoms with Gasteiger partial charge in [0.05, 0.1) is 38.2 Å². The van der Waals surface area contributed by atoms with Gasteiger partial charge in [0, 0.05) is 29.2 Å². The van der Waals surface area contributed by atoms with Crippen LogP contribution in [0.3, 0.4) is 0 Å². The fraction of sp³-hybridized carbons (Fsp3) is 0.393. The number of aliphatic imine (C=N–C) groups is 1. The number of esters is 2. The third-order valence-corrected chi connectivity index (χ3v) is 6.49. The Morgan fingerprint density at radius 2 is 1.81 bits per heavy atom. The molecule has 0 spiro atoms. The first-order valence-corrected chi connectivity index (χ1v) is 12.4. The molecule has 0 amide bonds. The second-order valence-corrected chi connectivity index (χ2v) is 8.88. The number of ether oxygens (including phenoxy) is 3. The number of halogens is 1. The highest BCUT2D eigenvalue weighted by molar-refractivity contribution is 6.31. The van der Waals surface area contributed by atoms with Crippen molar-refractivity contribution in [2.24, 2.45) is 10.9 Å². The monoisotopic (exact) mass is 512 g/mol. The van der Waals surface area contributed by atoms with Gasteiger partial charge in [-0.15, -0.1) is 0 Å². The maximum absolute atomic E-state index is 13.2. The molecule has 0 fully saturated rings. The van der Waals surface area contributed by atoms with Gasteiger partial charge in [0.2, 0.25) is 0 Å². The van der Waals surface area contributed by atoms with Gasteiger partial charge in [-0.3, -0.25) is 9.79 Å². The normalized spacial score (nSPS) is 18.4. The molecule has 1 aliphatic rings. The van der Waals surface area contributed by atoms with Crippen molar-refractivity contribution >= 4 is 29.3 Å². The minimum absolute atomic E-state index is 0.0851. The summed E-state index contributed by atoms with van der Waals surface area (Å²) in [6.45, 7) is 6.85. The van der Waals surface area contributed by atoms with E-state index in [4.69, 9.17) is 25.8 Å². The Hall–Kier alpha value is -3.00. The van der Waals surface area contributed by atoms with Crippen LogP contribution in [0.5, 0.6) is 0 Å². The molecule has 2 aromatic rings. The summed E-state index contributed by atoms with van der Waals surface area (Å²) < 4.78 is 16.4. The van der Waals surface area contributed by atoms with Crippen LogP contribution in [0.2, 0.25) is 5.02 Å². The van der Waals surface area contributed by atoms with Crippen molar-refractivity contribution in [3.8, 4) is 0 Å². The molecule has 0 aromatic heterocycles. The van der Waals surface area contributed by atoms with Gasteiger partial charge in [-0.2, -0.15) is 0 Å². The fourth-order valence-electron chi connectivity index (χ4n) is 4.37. The predicted molar refractivity (Wildman–Crippen MR) is 140 cm³/mol. The highest BCUT2D eigenvalue weighted by Crippen LogP contribution is 2.42. The van der Waals surface area contributed by atoms with Crippen LogP contribution in [0.15, 0.2) is 70.9 Å². The van der Waals surface area contributed by atoms with Crippen LogP contribution in [-0.4, -0.2) is 51.1 Å². The summed E-state index contributed by atoms with van der Waals surface area (Å²) in [6.07, 6.45) is 0. The Labute approximate surface area is 217 Å². The summed E-state index contributed by atoms with van der Waals surface area (Å²) in [5.41, 5.74) is 3.02. The molecule has 1 heterocycles. The van der Waals surface area contributed by atoms with Crippen molar-refractivity contribution in [3.05, 3.63) is 82.0 Å². The number of benzene rings is 2. The maximum Gasteiger partial charge on any atom is 0.336 e. The number of hydrogen-bond acceptors (Lipinski definition) is 7. The van der Waals surface area contributed by atoms with E-state index in [-0.39, 0.29) is 24.8 Å². The second kappa shape index (κ2) is 13.3. The van der Waals surface area contributed by atoms with E-state index in [2.05, 4.69) is 29.4 Å². The van der Waals surface area contributed by atoms with E-state index in [1.54, 1.807) is 32.0 Å². The number of rotatable bonds is 11. The Bertz CT molecular complexity index is 1120. The number of carbonyl (C=O) groups is 2. The van der Waals surface area contributed by atoms with Gasteiger partial charge in [-0.25, -0.2) is 4.79 Å². The van der Waals surface area contributed by atoms with E-state index in [0.717, 1.165) is 0 Å².